The number of thioether (sulfide) groups is 2. The van der Waals surface area contributed by atoms with E-state index >= 15 is 0 Å². The van der Waals surface area contributed by atoms with Crippen molar-refractivity contribution in [2.45, 2.75) is 17.7 Å². The quantitative estimate of drug-likeness (QED) is 0.542. The molecule has 0 saturated heterocycles. The number of aliphatic imine (C=N–C) groups is 1. The van der Waals surface area contributed by atoms with E-state index in [2.05, 4.69) is 4.99 Å². The Bertz CT molecular complexity index is 471. The highest BCUT2D eigenvalue weighted by Crippen LogP contribution is 2.34. The van der Waals surface area contributed by atoms with Crippen LogP contribution in [-0.4, -0.2) is 43.3 Å². The predicted molar refractivity (Wildman–Crippen MR) is 74.9 cm³/mol. The predicted octanol–water partition coefficient (Wildman–Crippen LogP) is 2.07. The Morgan fingerprint density at radius 1 is 1.61 bits per heavy atom. The fourth-order valence-electron chi connectivity index (χ4n) is 1.56. The molecule has 0 aromatic rings. The van der Waals surface area contributed by atoms with Crippen LogP contribution in [0.5, 0.6) is 0 Å². The van der Waals surface area contributed by atoms with E-state index in [1.165, 1.54) is 23.5 Å². The summed E-state index contributed by atoms with van der Waals surface area (Å²) < 4.78 is 0. The maximum absolute atomic E-state index is 10.4. The molecular formula is C11H12N2O3S2. The topological polar surface area (TPSA) is 93.7 Å². The molecule has 0 aromatic heterocycles. The zero-order valence-electron chi connectivity index (χ0n) is 9.37. The van der Waals surface area contributed by atoms with Crippen LogP contribution in [0.4, 0.5) is 0 Å². The van der Waals surface area contributed by atoms with Crippen molar-refractivity contribution < 1.29 is 15.0 Å². The van der Waals surface area contributed by atoms with Crippen LogP contribution in [0.15, 0.2) is 29.0 Å². The van der Waals surface area contributed by atoms with Crippen LogP contribution in [0.2, 0.25) is 0 Å². The van der Waals surface area contributed by atoms with Gasteiger partial charge in [-0.25, -0.2) is 0 Å². The molecule has 2 unspecified atom stereocenters. The number of aliphatic carboxylic acids is 1. The Morgan fingerprint density at radius 2 is 2.39 bits per heavy atom. The molecule has 0 amide bonds. The van der Waals surface area contributed by atoms with E-state index in [0.717, 1.165) is 0 Å². The molecule has 2 atom stereocenters. The van der Waals surface area contributed by atoms with E-state index in [0.29, 0.717) is 15.8 Å². The molecule has 0 fully saturated rings. The van der Waals surface area contributed by atoms with Gasteiger partial charge in [-0.05, 0) is 12.2 Å². The molecule has 0 spiro atoms. The van der Waals surface area contributed by atoms with Crippen LogP contribution >= 0.6 is 23.5 Å². The number of aliphatic hydroxyl groups is 1. The number of rotatable bonds is 4. The molecule has 1 heterocycles. The lowest BCUT2D eigenvalue weighted by atomic mass is 10.1. The van der Waals surface area contributed by atoms with Crippen molar-refractivity contribution >= 4 is 39.6 Å². The summed E-state index contributed by atoms with van der Waals surface area (Å²) in [5, 5.41) is 26.7. The molecule has 7 heteroatoms. The van der Waals surface area contributed by atoms with Crippen molar-refractivity contribution in [2.75, 3.05) is 5.75 Å². The molecule has 2 rings (SSSR count). The second-order valence-corrected chi connectivity index (χ2v) is 6.05. The molecule has 2 aliphatic rings. The van der Waals surface area contributed by atoms with Gasteiger partial charge >= 0.3 is 5.97 Å². The van der Waals surface area contributed by atoms with Gasteiger partial charge in [-0.15, -0.1) is 11.8 Å². The first-order chi connectivity index (χ1) is 8.56. The van der Waals surface area contributed by atoms with Gasteiger partial charge in [0.2, 0.25) is 0 Å². The Kier molecular flexibility index (Phi) is 4.13. The number of carboxylic acids is 1. The highest BCUT2D eigenvalue weighted by atomic mass is 32.2. The largest absolute Gasteiger partial charge is 0.508 e. The summed E-state index contributed by atoms with van der Waals surface area (Å²) in [5.74, 6) is -0.258. The molecule has 1 aliphatic carbocycles. The number of hydrogen-bond acceptors (Lipinski definition) is 6. The van der Waals surface area contributed by atoms with Crippen molar-refractivity contribution in [2.24, 2.45) is 4.99 Å². The Balaban J connectivity index is 1.90. The number of nitrogens with one attached hydrogen (secondary N) is 1. The van der Waals surface area contributed by atoms with Gasteiger partial charge in [0.05, 0.1) is 17.7 Å². The average Bonchev–Trinajstić information content (AvgIpc) is 2.71. The molecular weight excluding hydrogens is 272 g/mol. The minimum Gasteiger partial charge on any atom is -0.508 e. The van der Waals surface area contributed by atoms with Gasteiger partial charge in [-0.1, -0.05) is 17.8 Å². The van der Waals surface area contributed by atoms with Gasteiger partial charge < -0.3 is 10.2 Å². The fourth-order valence-corrected chi connectivity index (χ4v) is 3.58. The maximum atomic E-state index is 10.4. The van der Waals surface area contributed by atoms with Crippen molar-refractivity contribution in [3.05, 3.63) is 24.0 Å². The SMILES string of the molecule is N=C(SCCC(=O)O)C1=NC2C=CC(O)=CC2S1. The number of aliphatic hydroxyl groups excluding tert-OH is 1. The van der Waals surface area contributed by atoms with Gasteiger partial charge in [0.15, 0.2) is 0 Å². The summed E-state index contributed by atoms with van der Waals surface area (Å²) in [6.45, 7) is 0. The van der Waals surface area contributed by atoms with Gasteiger partial charge in [0.25, 0.3) is 0 Å². The number of carbonyl (C=O) groups is 1. The third kappa shape index (κ3) is 3.17. The molecule has 1 aliphatic heterocycles. The summed E-state index contributed by atoms with van der Waals surface area (Å²) >= 11 is 2.63. The van der Waals surface area contributed by atoms with Crippen LogP contribution in [0, 0.1) is 5.41 Å². The molecule has 96 valence electrons. The molecule has 5 nitrogen and oxygen atoms in total. The van der Waals surface area contributed by atoms with Gasteiger partial charge in [0, 0.05) is 5.75 Å². The number of nitrogens with zero attached hydrogens (tertiary/aromatic N) is 1. The van der Waals surface area contributed by atoms with Crippen LogP contribution in [0.25, 0.3) is 0 Å². The molecule has 0 radical (unpaired) electrons. The maximum Gasteiger partial charge on any atom is 0.304 e. The molecule has 3 N–H and O–H groups in total. The van der Waals surface area contributed by atoms with Gasteiger partial charge in [-0.2, -0.15) is 0 Å². The second kappa shape index (κ2) is 5.62. The monoisotopic (exact) mass is 284 g/mol. The molecule has 18 heavy (non-hydrogen) atoms. The summed E-state index contributed by atoms with van der Waals surface area (Å²) in [6, 6.07) is -0.0266. The average molecular weight is 284 g/mol. The normalized spacial score (nSPS) is 25.3. The molecule has 0 bridgehead atoms. The molecule has 0 saturated carbocycles. The summed E-state index contributed by atoms with van der Waals surface area (Å²) in [7, 11) is 0. The van der Waals surface area contributed by atoms with Crippen LogP contribution < -0.4 is 0 Å². The van der Waals surface area contributed by atoms with Gasteiger partial charge in [-0.3, -0.25) is 15.2 Å². The highest BCUT2D eigenvalue weighted by molar-refractivity contribution is 8.25. The third-order valence-electron chi connectivity index (χ3n) is 2.41. The summed E-state index contributed by atoms with van der Waals surface area (Å²) in [4.78, 5) is 14.8. The fraction of sp³-hybridized carbons (Fsp3) is 0.364. The minimum absolute atomic E-state index is 0.0266. The number of carboxylic acid groups (broad SMARTS) is 1. The third-order valence-corrected chi connectivity index (χ3v) is 4.65. The first kappa shape index (κ1) is 13.2. The smallest absolute Gasteiger partial charge is 0.304 e. The zero-order valence-corrected chi connectivity index (χ0v) is 11.0. The number of allylic oxidation sites excluding steroid dienone is 1. The lowest BCUT2D eigenvalue weighted by molar-refractivity contribution is -0.136. The summed E-state index contributed by atoms with van der Waals surface area (Å²) in [5.41, 5.74) is 0. The molecule has 0 aromatic carbocycles. The highest BCUT2D eigenvalue weighted by Gasteiger charge is 2.30. The van der Waals surface area contributed by atoms with E-state index in [9.17, 15) is 9.90 Å². The minimum atomic E-state index is -0.860. The lowest BCUT2D eigenvalue weighted by Gasteiger charge is -2.12. The van der Waals surface area contributed by atoms with Crippen LogP contribution in [-0.2, 0) is 4.79 Å². The van der Waals surface area contributed by atoms with E-state index < -0.39 is 5.97 Å². The number of fused-ring (bicyclic) bond motifs is 1. The van der Waals surface area contributed by atoms with Crippen molar-refractivity contribution in [1.82, 2.24) is 0 Å². The van der Waals surface area contributed by atoms with E-state index in [4.69, 9.17) is 10.5 Å². The Labute approximate surface area is 113 Å². The second-order valence-electron chi connectivity index (χ2n) is 3.78. The lowest BCUT2D eigenvalue weighted by Crippen LogP contribution is -2.15. The van der Waals surface area contributed by atoms with E-state index in [1.807, 2.05) is 6.08 Å². The van der Waals surface area contributed by atoms with Crippen LogP contribution in [0.1, 0.15) is 6.42 Å². The van der Waals surface area contributed by atoms with Gasteiger partial charge in [0.1, 0.15) is 15.8 Å². The first-order valence-electron chi connectivity index (χ1n) is 5.33. The van der Waals surface area contributed by atoms with Crippen molar-refractivity contribution in [3.8, 4) is 0 Å². The first-order valence-corrected chi connectivity index (χ1v) is 7.20. The van der Waals surface area contributed by atoms with E-state index in [-0.39, 0.29) is 23.5 Å². The zero-order chi connectivity index (χ0) is 13.1. The number of hydrogen-bond donors (Lipinski definition) is 3. The van der Waals surface area contributed by atoms with E-state index in [1.54, 1.807) is 12.2 Å². The van der Waals surface area contributed by atoms with Crippen molar-refractivity contribution in [3.63, 3.8) is 0 Å². The Morgan fingerprint density at radius 3 is 3.11 bits per heavy atom. The standard InChI is InChI=1S/C11H12N2O3S2/c12-10(17-4-3-9(15)16)11-13-7-2-1-6(14)5-8(7)18-11/h1-2,5,7-8,12,14H,3-4H2,(H,15,16). The summed E-state index contributed by atoms with van der Waals surface area (Å²) in [6.07, 6.45) is 5.18. The Hall–Kier alpha value is -1.21. The van der Waals surface area contributed by atoms with Crippen molar-refractivity contribution in [1.29, 1.82) is 5.41 Å². The van der Waals surface area contributed by atoms with Crippen LogP contribution in [0.3, 0.4) is 0 Å².